The van der Waals surface area contributed by atoms with E-state index in [1.807, 2.05) is 53.4 Å². The van der Waals surface area contributed by atoms with E-state index < -0.39 is 0 Å². The molecule has 1 aliphatic carbocycles. The van der Waals surface area contributed by atoms with Gasteiger partial charge in [-0.1, -0.05) is 48.0 Å². The van der Waals surface area contributed by atoms with Gasteiger partial charge >= 0.3 is 0 Å². The zero-order valence-electron chi connectivity index (χ0n) is 18.0. The number of carbonyl (C=O) groups is 1. The van der Waals surface area contributed by atoms with Crippen molar-refractivity contribution in [3.63, 3.8) is 0 Å². The summed E-state index contributed by atoms with van der Waals surface area (Å²) in [7, 11) is 0. The lowest BCUT2D eigenvalue weighted by Crippen LogP contribution is -2.42. The summed E-state index contributed by atoms with van der Waals surface area (Å²) in [5, 5.41) is 3.96. The lowest BCUT2D eigenvalue weighted by atomic mass is 9.91. The summed E-state index contributed by atoms with van der Waals surface area (Å²) in [6, 6.07) is 16.8. The van der Waals surface area contributed by atoms with Gasteiger partial charge in [0.2, 0.25) is 11.7 Å². The van der Waals surface area contributed by atoms with Crippen molar-refractivity contribution in [2.75, 3.05) is 26.2 Å². The van der Waals surface area contributed by atoms with Gasteiger partial charge in [-0.2, -0.15) is 4.98 Å². The van der Waals surface area contributed by atoms with Crippen LogP contribution >= 0.6 is 0 Å². The standard InChI is InChI=1S/C25H28N4O2/c1-18-26-24(27-31-18)21-10-6-19(7-11-21)20-8-12-22(13-9-20)25(30)29-15-3-14-28(16-17-29)23-4-2-5-23/h6-13,23H,2-5,14-17H2,1H3. The van der Waals surface area contributed by atoms with E-state index in [4.69, 9.17) is 4.52 Å². The predicted molar refractivity (Wildman–Crippen MR) is 120 cm³/mol. The lowest BCUT2D eigenvalue weighted by molar-refractivity contribution is 0.0749. The van der Waals surface area contributed by atoms with Gasteiger partial charge in [0.15, 0.2) is 0 Å². The number of carbonyl (C=O) groups excluding carboxylic acids is 1. The first-order valence-electron chi connectivity index (χ1n) is 11.2. The van der Waals surface area contributed by atoms with Gasteiger partial charge < -0.3 is 9.42 Å². The maximum Gasteiger partial charge on any atom is 0.253 e. The Bertz CT molecular complexity index is 1040. The molecule has 1 amide bonds. The second-order valence-corrected chi connectivity index (χ2v) is 8.56. The Morgan fingerprint density at radius 1 is 0.871 bits per heavy atom. The molecule has 0 radical (unpaired) electrons. The largest absolute Gasteiger partial charge is 0.339 e. The Morgan fingerprint density at radius 2 is 1.55 bits per heavy atom. The molecule has 1 aromatic heterocycles. The molecular weight excluding hydrogens is 388 g/mol. The predicted octanol–water partition coefficient (Wildman–Crippen LogP) is 4.41. The Morgan fingerprint density at radius 3 is 2.16 bits per heavy atom. The molecule has 1 aliphatic heterocycles. The molecule has 31 heavy (non-hydrogen) atoms. The van der Waals surface area contributed by atoms with Crippen molar-refractivity contribution in [1.82, 2.24) is 19.9 Å². The van der Waals surface area contributed by atoms with E-state index in [1.165, 1.54) is 19.3 Å². The van der Waals surface area contributed by atoms with Crippen molar-refractivity contribution < 1.29 is 9.32 Å². The first-order chi connectivity index (χ1) is 15.2. The maximum atomic E-state index is 13.0. The minimum Gasteiger partial charge on any atom is -0.339 e. The molecule has 0 spiro atoms. The van der Waals surface area contributed by atoms with Gasteiger partial charge in [-0.15, -0.1) is 0 Å². The topological polar surface area (TPSA) is 62.5 Å². The van der Waals surface area contributed by atoms with E-state index in [2.05, 4.69) is 15.0 Å². The van der Waals surface area contributed by atoms with Crippen LogP contribution in [0.3, 0.4) is 0 Å². The molecule has 5 rings (SSSR count). The number of amides is 1. The molecule has 2 heterocycles. The monoisotopic (exact) mass is 416 g/mol. The highest BCUT2D eigenvalue weighted by atomic mass is 16.5. The van der Waals surface area contributed by atoms with Crippen LogP contribution in [0.4, 0.5) is 0 Å². The minimum atomic E-state index is 0.143. The summed E-state index contributed by atoms with van der Waals surface area (Å²) in [5.74, 6) is 1.29. The molecule has 0 bridgehead atoms. The molecule has 0 atom stereocenters. The molecule has 2 aliphatic rings. The lowest BCUT2D eigenvalue weighted by Gasteiger charge is -2.36. The van der Waals surface area contributed by atoms with Crippen LogP contribution in [0.1, 0.15) is 41.9 Å². The van der Waals surface area contributed by atoms with Gasteiger partial charge in [-0.3, -0.25) is 9.69 Å². The molecule has 1 saturated heterocycles. The fraction of sp³-hybridized carbons (Fsp3) is 0.400. The van der Waals surface area contributed by atoms with Crippen molar-refractivity contribution in [1.29, 1.82) is 0 Å². The number of aryl methyl sites for hydroxylation is 1. The third-order valence-electron chi connectivity index (χ3n) is 6.54. The van der Waals surface area contributed by atoms with Crippen LogP contribution in [0, 0.1) is 6.92 Å². The van der Waals surface area contributed by atoms with E-state index in [9.17, 15) is 4.79 Å². The number of aromatic nitrogens is 2. The van der Waals surface area contributed by atoms with Gasteiger partial charge in [0, 0.05) is 50.3 Å². The molecule has 0 N–H and O–H groups in total. The smallest absolute Gasteiger partial charge is 0.253 e. The molecule has 2 fully saturated rings. The SMILES string of the molecule is Cc1nc(-c2ccc(-c3ccc(C(=O)N4CCCN(C5CCC5)CC4)cc3)cc2)no1. The number of benzene rings is 2. The highest BCUT2D eigenvalue weighted by Crippen LogP contribution is 2.26. The summed E-state index contributed by atoms with van der Waals surface area (Å²) >= 11 is 0. The van der Waals surface area contributed by atoms with Crippen LogP contribution in [-0.2, 0) is 0 Å². The zero-order valence-corrected chi connectivity index (χ0v) is 18.0. The van der Waals surface area contributed by atoms with Crippen molar-refractivity contribution >= 4 is 5.91 Å². The summed E-state index contributed by atoms with van der Waals surface area (Å²) in [6.07, 6.45) is 5.07. The van der Waals surface area contributed by atoms with Crippen LogP contribution in [0.5, 0.6) is 0 Å². The van der Waals surface area contributed by atoms with Crippen molar-refractivity contribution in [3.05, 3.63) is 60.0 Å². The van der Waals surface area contributed by atoms with Gasteiger partial charge in [0.1, 0.15) is 0 Å². The minimum absolute atomic E-state index is 0.143. The van der Waals surface area contributed by atoms with E-state index in [-0.39, 0.29) is 5.91 Å². The van der Waals surface area contributed by atoms with Gasteiger partial charge in [-0.05, 0) is 42.5 Å². The Hall–Kier alpha value is -2.99. The van der Waals surface area contributed by atoms with Crippen molar-refractivity contribution in [2.24, 2.45) is 0 Å². The summed E-state index contributed by atoms with van der Waals surface area (Å²) in [6.45, 7) is 5.58. The van der Waals surface area contributed by atoms with Crippen LogP contribution < -0.4 is 0 Å². The highest BCUT2D eigenvalue weighted by Gasteiger charge is 2.28. The molecule has 6 heteroatoms. The van der Waals surface area contributed by atoms with Gasteiger partial charge in [0.05, 0.1) is 0 Å². The fourth-order valence-electron chi connectivity index (χ4n) is 4.47. The van der Waals surface area contributed by atoms with Crippen LogP contribution in [-0.4, -0.2) is 58.1 Å². The Balaban J connectivity index is 1.24. The first kappa shape index (κ1) is 19.9. The Kier molecular flexibility index (Phi) is 5.55. The zero-order chi connectivity index (χ0) is 21.2. The van der Waals surface area contributed by atoms with Crippen LogP contribution in [0.25, 0.3) is 22.5 Å². The number of hydrogen-bond donors (Lipinski definition) is 0. The first-order valence-corrected chi connectivity index (χ1v) is 11.2. The van der Waals surface area contributed by atoms with E-state index in [1.54, 1.807) is 6.92 Å². The second-order valence-electron chi connectivity index (χ2n) is 8.56. The maximum absolute atomic E-state index is 13.0. The molecule has 0 unspecified atom stereocenters. The molecule has 2 aromatic carbocycles. The number of nitrogens with zero attached hydrogens (tertiary/aromatic N) is 4. The third-order valence-corrected chi connectivity index (χ3v) is 6.54. The average Bonchev–Trinajstić information content (AvgIpc) is 3.06. The van der Waals surface area contributed by atoms with Crippen LogP contribution in [0.2, 0.25) is 0 Å². The highest BCUT2D eigenvalue weighted by molar-refractivity contribution is 5.94. The molecule has 160 valence electrons. The van der Waals surface area contributed by atoms with Gasteiger partial charge in [0.25, 0.3) is 5.91 Å². The third kappa shape index (κ3) is 4.26. The summed E-state index contributed by atoms with van der Waals surface area (Å²) in [5.41, 5.74) is 3.86. The quantitative estimate of drug-likeness (QED) is 0.630. The summed E-state index contributed by atoms with van der Waals surface area (Å²) < 4.78 is 5.05. The Labute approximate surface area is 182 Å². The normalized spacial score (nSPS) is 17.9. The van der Waals surface area contributed by atoms with Gasteiger partial charge in [-0.25, -0.2) is 0 Å². The van der Waals surface area contributed by atoms with Crippen LogP contribution in [0.15, 0.2) is 53.1 Å². The number of rotatable bonds is 4. The summed E-state index contributed by atoms with van der Waals surface area (Å²) in [4.78, 5) is 21.9. The van der Waals surface area contributed by atoms with Crippen molar-refractivity contribution in [3.8, 4) is 22.5 Å². The average molecular weight is 417 g/mol. The van der Waals surface area contributed by atoms with E-state index in [0.717, 1.165) is 60.9 Å². The molecule has 3 aromatic rings. The molecule has 1 saturated carbocycles. The second kappa shape index (κ2) is 8.63. The van der Waals surface area contributed by atoms with E-state index in [0.29, 0.717) is 11.7 Å². The molecular formula is C25H28N4O2. The van der Waals surface area contributed by atoms with Crippen molar-refractivity contribution in [2.45, 2.75) is 38.6 Å². The molecule has 6 nitrogen and oxygen atoms in total. The number of hydrogen-bond acceptors (Lipinski definition) is 5. The fourth-order valence-corrected chi connectivity index (χ4v) is 4.47. The van der Waals surface area contributed by atoms with E-state index >= 15 is 0 Å².